The summed E-state index contributed by atoms with van der Waals surface area (Å²) in [6.07, 6.45) is 0.332. The normalized spacial score (nSPS) is 20.8. The highest BCUT2D eigenvalue weighted by molar-refractivity contribution is 7.85. The van der Waals surface area contributed by atoms with E-state index in [0.717, 1.165) is 17.6 Å². The van der Waals surface area contributed by atoms with E-state index in [1.54, 1.807) is 32.9 Å². The number of carbonyl (C=O) groups excluding carboxylic acids is 2. The molecule has 1 saturated heterocycles. The Hall–Kier alpha value is -1.40. The predicted molar refractivity (Wildman–Crippen MR) is 104 cm³/mol. The smallest absolute Gasteiger partial charge is 0.427 e. The van der Waals surface area contributed by atoms with E-state index < -0.39 is 27.9 Å². The number of halogens is 1. The van der Waals surface area contributed by atoms with Crippen molar-refractivity contribution in [2.45, 2.75) is 44.9 Å². The number of hydrogen-bond acceptors (Lipinski definition) is 9. The fraction of sp³-hybridized carbons (Fsp3) is 0.625. The van der Waals surface area contributed by atoms with Crippen LogP contribution in [0, 0.1) is 0 Å². The van der Waals surface area contributed by atoms with Gasteiger partial charge in [0.1, 0.15) is 5.60 Å². The minimum atomic E-state index is -3.67. The van der Waals surface area contributed by atoms with Crippen molar-refractivity contribution in [3.05, 3.63) is 21.3 Å². The van der Waals surface area contributed by atoms with Crippen LogP contribution in [0.25, 0.3) is 0 Å². The summed E-state index contributed by atoms with van der Waals surface area (Å²) >= 11 is 6.99. The molecular formula is C16H23ClN2O7S2. The summed E-state index contributed by atoms with van der Waals surface area (Å²) in [5, 5.41) is 4.09. The van der Waals surface area contributed by atoms with Crippen molar-refractivity contribution in [1.29, 1.82) is 0 Å². The number of nitrogens with one attached hydrogen (secondary N) is 1. The van der Waals surface area contributed by atoms with Crippen molar-refractivity contribution < 1.29 is 31.8 Å². The van der Waals surface area contributed by atoms with Gasteiger partial charge < -0.3 is 14.9 Å². The van der Waals surface area contributed by atoms with Crippen molar-refractivity contribution in [2.75, 3.05) is 19.4 Å². The Morgan fingerprint density at radius 1 is 1.36 bits per heavy atom. The van der Waals surface area contributed by atoms with Crippen LogP contribution in [0.2, 0.25) is 4.34 Å². The lowest BCUT2D eigenvalue weighted by Gasteiger charge is -2.25. The molecule has 0 saturated carbocycles. The first-order chi connectivity index (χ1) is 12.8. The van der Waals surface area contributed by atoms with E-state index in [9.17, 15) is 18.0 Å². The first kappa shape index (κ1) is 22.9. The third-order valence-electron chi connectivity index (χ3n) is 3.55. The van der Waals surface area contributed by atoms with Gasteiger partial charge in [0.15, 0.2) is 0 Å². The van der Waals surface area contributed by atoms with E-state index in [4.69, 9.17) is 25.4 Å². The van der Waals surface area contributed by atoms with E-state index in [1.807, 2.05) is 0 Å². The molecule has 0 radical (unpaired) electrons. The van der Waals surface area contributed by atoms with Gasteiger partial charge in [-0.3, -0.25) is 8.98 Å². The Labute approximate surface area is 173 Å². The highest BCUT2D eigenvalue weighted by Crippen LogP contribution is 2.24. The second-order valence-electron chi connectivity index (χ2n) is 7.31. The molecule has 0 spiro atoms. The van der Waals surface area contributed by atoms with Gasteiger partial charge in [-0.1, -0.05) is 11.6 Å². The largest absolute Gasteiger partial charge is 0.528 e. The van der Waals surface area contributed by atoms with E-state index in [2.05, 4.69) is 5.32 Å². The lowest BCUT2D eigenvalue weighted by Crippen LogP contribution is -2.39. The number of ether oxygens (including phenoxy) is 1. The van der Waals surface area contributed by atoms with Crippen molar-refractivity contribution >= 4 is 45.1 Å². The van der Waals surface area contributed by atoms with Crippen LogP contribution >= 0.6 is 22.9 Å². The average molecular weight is 455 g/mol. The van der Waals surface area contributed by atoms with Gasteiger partial charge in [-0.25, -0.2) is 4.79 Å². The molecule has 1 aliphatic rings. The summed E-state index contributed by atoms with van der Waals surface area (Å²) in [6.45, 7) is 5.01. The number of hydroxylamine groups is 2. The van der Waals surface area contributed by atoms with Gasteiger partial charge in [0.05, 0.1) is 34.7 Å². The molecule has 1 aliphatic heterocycles. The molecular weight excluding hydrogens is 432 g/mol. The molecule has 0 aliphatic carbocycles. The molecule has 158 valence electrons. The second-order valence-corrected chi connectivity index (χ2v) is 10.7. The fourth-order valence-corrected chi connectivity index (χ4v) is 3.86. The van der Waals surface area contributed by atoms with Crippen LogP contribution in [0.15, 0.2) is 12.1 Å². The molecule has 9 nitrogen and oxygen atoms in total. The Morgan fingerprint density at radius 2 is 2.04 bits per heavy atom. The quantitative estimate of drug-likeness (QED) is 0.515. The molecule has 2 heterocycles. The first-order valence-electron chi connectivity index (χ1n) is 8.40. The lowest BCUT2D eigenvalue weighted by molar-refractivity contribution is -0.155. The molecule has 2 rings (SSSR count). The van der Waals surface area contributed by atoms with Crippen LogP contribution in [-0.4, -0.2) is 62.6 Å². The van der Waals surface area contributed by atoms with E-state index in [-0.39, 0.29) is 25.1 Å². The summed E-state index contributed by atoms with van der Waals surface area (Å²) in [5.41, 5.74) is -0.748. The van der Waals surface area contributed by atoms with Crippen molar-refractivity contribution in [3.8, 4) is 0 Å². The minimum absolute atomic E-state index is 0.155. The van der Waals surface area contributed by atoms with Gasteiger partial charge in [0.2, 0.25) is 0 Å². The zero-order valence-corrected chi connectivity index (χ0v) is 18.3. The summed E-state index contributed by atoms with van der Waals surface area (Å²) in [5.74, 6) is -0.316. The third-order valence-corrected chi connectivity index (χ3v) is 5.35. The van der Waals surface area contributed by atoms with E-state index in [1.165, 1.54) is 5.06 Å². The molecule has 2 atom stereocenters. The maximum absolute atomic E-state index is 12.3. The molecule has 0 aromatic carbocycles. The summed E-state index contributed by atoms with van der Waals surface area (Å²) in [7, 11) is -3.67. The van der Waals surface area contributed by atoms with Crippen LogP contribution in [0.1, 0.15) is 36.9 Å². The van der Waals surface area contributed by atoms with Crippen LogP contribution in [0.4, 0.5) is 4.79 Å². The maximum atomic E-state index is 12.3. The number of thiophene rings is 1. The van der Waals surface area contributed by atoms with Crippen molar-refractivity contribution in [3.63, 3.8) is 0 Å². The predicted octanol–water partition coefficient (Wildman–Crippen LogP) is 2.42. The maximum Gasteiger partial charge on any atom is 0.528 e. The Bertz CT molecular complexity index is 819. The molecule has 1 aromatic rings. The standard InChI is InChI=1S/C16H23ClN2O7S2/c1-16(2,3)25-15(21)26-19-8-10(7-11(19)9-24-28(4,22)23)18-14(20)12-5-6-13(17)27-12/h5-6,10-11H,7-9H2,1-4H3,(H,18,20)/t10-,11+/m1/s1. The topological polar surface area (TPSA) is 111 Å². The van der Waals surface area contributed by atoms with Gasteiger partial charge in [-0.2, -0.15) is 8.42 Å². The second kappa shape index (κ2) is 8.95. The number of amides is 1. The molecule has 1 N–H and O–H groups in total. The highest BCUT2D eigenvalue weighted by Gasteiger charge is 2.37. The van der Waals surface area contributed by atoms with Crippen LogP contribution in [0.5, 0.6) is 0 Å². The zero-order valence-electron chi connectivity index (χ0n) is 15.9. The SMILES string of the molecule is CC(C)(C)OC(=O)ON1C[C@H](NC(=O)c2ccc(Cl)s2)C[C@H]1COS(C)(=O)=O. The van der Waals surface area contributed by atoms with Crippen LogP contribution in [-0.2, 0) is 23.9 Å². The van der Waals surface area contributed by atoms with Gasteiger partial charge in [-0.05, 0) is 39.3 Å². The monoisotopic (exact) mass is 454 g/mol. The Morgan fingerprint density at radius 3 is 2.57 bits per heavy atom. The van der Waals surface area contributed by atoms with Crippen molar-refractivity contribution in [1.82, 2.24) is 10.4 Å². The summed E-state index contributed by atoms with van der Waals surface area (Å²) < 4.78 is 33.0. The Balaban J connectivity index is 2.02. The fourth-order valence-electron chi connectivity index (χ4n) is 2.51. The first-order valence-corrected chi connectivity index (χ1v) is 11.4. The van der Waals surface area contributed by atoms with Gasteiger partial charge >= 0.3 is 6.16 Å². The molecule has 12 heteroatoms. The lowest BCUT2D eigenvalue weighted by atomic mass is 10.2. The Kier molecular flexibility index (Phi) is 7.32. The molecule has 1 fully saturated rings. The van der Waals surface area contributed by atoms with Crippen LogP contribution in [0.3, 0.4) is 0 Å². The number of nitrogens with zero attached hydrogens (tertiary/aromatic N) is 1. The number of rotatable bonds is 6. The molecule has 0 bridgehead atoms. The average Bonchev–Trinajstić information content (AvgIpc) is 3.09. The third kappa shape index (κ3) is 7.55. The van der Waals surface area contributed by atoms with Gasteiger partial charge in [0.25, 0.3) is 16.0 Å². The van der Waals surface area contributed by atoms with Gasteiger partial charge in [-0.15, -0.1) is 16.4 Å². The van der Waals surface area contributed by atoms with E-state index >= 15 is 0 Å². The molecule has 0 unspecified atom stereocenters. The highest BCUT2D eigenvalue weighted by atomic mass is 35.5. The van der Waals surface area contributed by atoms with Gasteiger partial charge in [0, 0.05) is 6.04 Å². The summed E-state index contributed by atoms with van der Waals surface area (Å²) in [4.78, 5) is 29.9. The zero-order chi connectivity index (χ0) is 21.1. The molecule has 1 aromatic heterocycles. The number of hydrogen-bond donors (Lipinski definition) is 1. The van der Waals surface area contributed by atoms with E-state index in [0.29, 0.717) is 15.6 Å². The van der Waals surface area contributed by atoms with Crippen molar-refractivity contribution in [2.24, 2.45) is 0 Å². The number of carbonyl (C=O) groups is 2. The molecule has 1 amide bonds. The summed E-state index contributed by atoms with van der Waals surface area (Å²) in [6, 6.07) is 2.27. The minimum Gasteiger partial charge on any atom is -0.427 e. The molecule has 28 heavy (non-hydrogen) atoms. The van der Waals surface area contributed by atoms with Crippen LogP contribution < -0.4 is 5.32 Å².